The van der Waals surface area contributed by atoms with Crippen LogP contribution in [0.1, 0.15) is 17.2 Å². The van der Waals surface area contributed by atoms with Gasteiger partial charge in [-0.1, -0.05) is 30.3 Å². The molecule has 1 aromatic heterocycles. The maximum Gasteiger partial charge on any atom is 0.336 e. The number of carbonyl (C=O) groups is 2. The van der Waals surface area contributed by atoms with Crippen LogP contribution in [0, 0.1) is 0 Å². The molecule has 0 aliphatic heterocycles. The number of rotatable bonds is 8. The second-order valence-electron chi connectivity index (χ2n) is 6.65. The van der Waals surface area contributed by atoms with E-state index in [2.05, 4.69) is 5.32 Å². The van der Waals surface area contributed by atoms with Crippen molar-refractivity contribution in [2.75, 3.05) is 14.2 Å². The predicted octanol–water partition coefficient (Wildman–Crippen LogP) is 1.70. The molecule has 156 valence electrons. The number of methoxy groups -OCH3 is 2. The number of ether oxygens (including phenoxy) is 2. The summed E-state index contributed by atoms with van der Waals surface area (Å²) in [5.74, 6) is -0.726. The fourth-order valence-electron chi connectivity index (χ4n) is 3.22. The van der Waals surface area contributed by atoms with Crippen LogP contribution >= 0.6 is 0 Å². The molecule has 0 unspecified atom stereocenters. The third kappa shape index (κ3) is 4.66. The van der Waals surface area contributed by atoms with Crippen molar-refractivity contribution in [3.8, 4) is 5.75 Å². The minimum absolute atomic E-state index is 0.0146. The predicted molar refractivity (Wildman–Crippen MR) is 110 cm³/mol. The van der Waals surface area contributed by atoms with Crippen molar-refractivity contribution < 1.29 is 23.5 Å². The van der Waals surface area contributed by atoms with Crippen molar-refractivity contribution in [1.82, 2.24) is 5.32 Å². The number of carbonyl (C=O) groups excluding carboxylic acids is 2. The lowest BCUT2D eigenvalue weighted by atomic mass is 10.0. The first-order valence-corrected chi connectivity index (χ1v) is 9.21. The van der Waals surface area contributed by atoms with Gasteiger partial charge in [0.05, 0.1) is 7.11 Å². The van der Waals surface area contributed by atoms with Crippen molar-refractivity contribution in [3.05, 3.63) is 76.1 Å². The van der Waals surface area contributed by atoms with Gasteiger partial charge in [0.1, 0.15) is 17.4 Å². The van der Waals surface area contributed by atoms with Crippen LogP contribution < -0.4 is 21.4 Å². The van der Waals surface area contributed by atoms with Gasteiger partial charge >= 0.3 is 5.63 Å². The highest BCUT2D eigenvalue weighted by molar-refractivity contribution is 5.90. The van der Waals surface area contributed by atoms with Gasteiger partial charge in [0.2, 0.25) is 5.91 Å². The number of amides is 2. The molecule has 0 radical (unpaired) electrons. The van der Waals surface area contributed by atoms with E-state index in [1.807, 2.05) is 6.07 Å². The standard InChI is InChI=1S/C22H22N2O6/c1-28-15-8-9-16-14(11-19(25)30-18(16)12-15)10-17(21(23)26)24-22(27)20(29-2)13-6-4-3-5-7-13/h3-9,11-12,17,20H,10H2,1-2H3,(H2,23,26)(H,24,27)/t17-,20+/m0/s1. The second-order valence-corrected chi connectivity index (χ2v) is 6.65. The van der Waals surface area contributed by atoms with E-state index in [-0.39, 0.29) is 6.42 Å². The van der Waals surface area contributed by atoms with E-state index < -0.39 is 29.6 Å². The maximum atomic E-state index is 12.8. The number of hydrogen-bond acceptors (Lipinski definition) is 6. The maximum absolute atomic E-state index is 12.8. The highest BCUT2D eigenvalue weighted by Gasteiger charge is 2.26. The number of hydrogen-bond donors (Lipinski definition) is 2. The molecule has 1 heterocycles. The number of nitrogens with one attached hydrogen (secondary N) is 1. The van der Waals surface area contributed by atoms with Crippen molar-refractivity contribution in [2.45, 2.75) is 18.6 Å². The molecule has 0 saturated heterocycles. The summed E-state index contributed by atoms with van der Waals surface area (Å²) in [6, 6.07) is 14.1. The molecule has 0 spiro atoms. The molecule has 8 heteroatoms. The first kappa shape index (κ1) is 21.1. The molecular weight excluding hydrogens is 388 g/mol. The average Bonchev–Trinajstić information content (AvgIpc) is 2.73. The van der Waals surface area contributed by atoms with Crippen LogP contribution in [0.25, 0.3) is 11.0 Å². The summed E-state index contributed by atoms with van der Waals surface area (Å²) in [6.45, 7) is 0. The molecule has 3 N–H and O–H groups in total. The quantitative estimate of drug-likeness (QED) is 0.545. The largest absolute Gasteiger partial charge is 0.497 e. The smallest absolute Gasteiger partial charge is 0.336 e. The van der Waals surface area contributed by atoms with Crippen LogP contribution in [0.4, 0.5) is 0 Å². The van der Waals surface area contributed by atoms with E-state index in [4.69, 9.17) is 19.6 Å². The molecule has 0 saturated carbocycles. The molecule has 2 aromatic carbocycles. The molecule has 0 bridgehead atoms. The highest BCUT2D eigenvalue weighted by atomic mass is 16.5. The van der Waals surface area contributed by atoms with E-state index in [9.17, 15) is 14.4 Å². The van der Waals surface area contributed by atoms with Gasteiger partial charge in [-0.05, 0) is 23.3 Å². The third-order valence-electron chi connectivity index (χ3n) is 4.70. The number of benzene rings is 2. The summed E-state index contributed by atoms with van der Waals surface area (Å²) in [4.78, 5) is 36.8. The number of fused-ring (bicyclic) bond motifs is 1. The molecule has 3 aromatic rings. The van der Waals surface area contributed by atoms with Crippen molar-refractivity contribution in [1.29, 1.82) is 0 Å². The average molecular weight is 410 g/mol. The van der Waals surface area contributed by atoms with Gasteiger partial charge in [-0.3, -0.25) is 9.59 Å². The van der Waals surface area contributed by atoms with Crippen molar-refractivity contribution in [2.24, 2.45) is 5.73 Å². The van der Waals surface area contributed by atoms with Gasteiger partial charge in [-0.2, -0.15) is 0 Å². The summed E-state index contributed by atoms with van der Waals surface area (Å²) >= 11 is 0. The number of nitrogens with two attached hydrogens (primary N) is 1. The van der Waals surface area contributed by atoms with E-state index in [0.29, 0.717) is 27.8 Å². The Morgan fingerprint density at radius 1 is 1.10 bits per heavy atom. The zero-order valence-electron chi connectivity index (χ0n) is 16.6. The van der Waals surface area contributed by atoms with Crippen LogP contribution in [0.3, 0.4) is 0 Å². The van der Waals surface area contributed by atoms with Gasteiger partial charge in [-0.15, -0.1) is 0 Å². The SMILES string of the molecule is COc1ccc2c(C[C@H](NC(=O)[C@H](OC)c3ccccc3)C(N)=O)cc(=O)oc2c1. The lowest BCUT2D eigenvalue weighted by Crippen LogP contribution is -2.47. The fraction of sp³-hybridized carbons (Fsp3) is 0.227. The summed E-state index contributed by atoms with van der Waals surface area (Å²) in [7, 11) is 2.90. The Hall–Kier alpha value is -3.65. The van der Waals surface area contributed by atoms with Crippen LogP contribution in [0.15, 0.2) is 63.8 Å². The Bertz CT molecular complexity index is 1110. The van der Waals surface area contributed by atoms with Crippen LogP contribution in [-0.2, 0) is 20.7 Å². The molecule has 0 aliphatic rings. The highest BCUT2D eigenvalue weighted by Crippen LogP contribution is 2.24. The molecule has 2 atom stereocenters. The van der Waals surface area contributed by atoms with Gasteiger partial charge in [0.25, 0.3) is 5.91 Å². The summed E-state index contributed by atoms with van der Waals surface area (Å²) in [5.41, 5.74) is 6.40. The monoisotopic (exact) mass is 410 g/mol. The van der Waals surface area contributed by atoms with Crippen molar-refractivity contribution >= 4 is 22.8 Å². The molecule has 3 rings (SSSR count). The van der Waals surface area contributed by atoms with E-state index in [0.717, 1.165) is 0 Å². The molecule has 30 heavy (non-hydrogen) atoms. The third-order valence-corrected chi connectivity index (χ3v) is 4.70. The molecule has 2 amide bonds. The molecule has 0 fully saturated rings. The Labute approximate surface area is 172 Å². The van der Waals surface area contributed by atoms with Gasteiger partial charge in [-0.25, -0.2) is 4.79 Å². The minimum atomic E-state index is -1.05. The lowest BCUT2D eigenvalue weighted by Gasteiger charge is -2.21. The van der Waals surface area contributed by atoms with Gasteiger partial charge in [0.15, 0.2) is 6.10 Å². The first-order valence-electron chi connectivity index (χ1n) is 9.21. The Kier molecular flexibility index (Phi) is 6.48. The summed E-state index contributed by atoms with van der Waals surface area (Å²) in [6.07, 6.45) is -0.893. The topological polar surface area (TPSA) is 121 Å². The lowest BCUT2D eigenvalue weighted by molar-refractivity contribution is -0.134. The fourth-order valence-corrected chi connectivity index (χ4v) is 3.22. The van der Waals surface area contributed by atoms with E-state index in [1.165, 1.54) is 20.3 Å². The first-order chi connectivity index (χ1) is 14.4. The minimum Gasteiger partial charge on any atom is -0.497 e. The van der Waals surface area contributed by atoms with Crippen LogP contribution in [-0.4, -0.2) is 32.1 Å². The normalized spacial score (nSPS) is 12.9. The van der Waals surface area contributed by atoms with E-state index in [1.54, 1.807) is 42.5 Å². The molecular formula is C22H22N2O6. The summed E-state index contributed by atoms with van der Waals surface area (Å²) < 4.78 is 15.7. The van der Waals surface area contributed by atoms with E-state index >= 15 is 0 Å². The zero-order valence-corrected chi connectivity index (χ0v) is 16.6. The molecule has 8 nitrogen and oxygen atoms in total. The summed E-state index contributed by atoms with van der Waals surface area (Å²) in [5, 5.41) is 3.24. The van der Waals surface area contributed by atoms with Gasteiger partial charge < -0.3 is 24.9 Å². The van der Waals surface area contributed by atoms with Crippen LogP contribution in [0.2, 0.25) is 0 Å². The number of primary amides is 1. The molecule has 0 aliphatic carbocycles. The second kappa shape index (κ2) is 9.23. The zero-order chi connectivity index (χ0) is 21.7. The Balaban J connectivity index is 1.88. The van der Waals surface area contributed by atoms with Crippen molar-refractivity contribution in [3.63, 3.8) is 0 Å². The van der Waals surface area contributed by atoms with Crippen LogP contribution in [0.5, 0.6) is 5.75 Å². The Morgan fingerprint density at radius 2 is 1.83 bits per heavy atom. The van der Waals surface area contributed by atoms with Gasteiger partial charge in [0, 0.05) is 31.0 Å². The Morgan fingerprint density at radius 3 is 2.47 bits per heavy atom.